The molecule has 0 aliphatic rings. The van der Waals surface area contributed by atoms with Crippen molar-refractivity contribution in [3.8, 4) is 0 Å². The summed E-state index contributed by atoms with van der Waals surface area (Å²) < 4.78 is 66.5. The monoisotopic (exact) mass is 1480 g/mol. The second kappa shape index (κ2) is 58.0. The number of amides is 2. The van der Waals surface area contributed by atoms with Crippen LogP contribution in [0.3, 0.4) is 0 Å². The Morgan fingerprint density at radius 3 is 0.960 bits per heavy atom. The summed E-state index contributed by atoms with van der Waals surface area (Å²) in [6.45, 7) is 41.2. The molecule has 0 aliphatic heterocycles. The number of hydrogen-bond acceptors (Lipinski definition) is 22. The van der Waals surface area contributed by atoms with Crippen LogP contribution in [0.1, 0.15) is 255 Å². The Kier molecular flexibility index (Phi) is 61.2. The fourth-order valence-corrected chi connectivity index (χ4v) is 7.54. The summed E-state index contributed by atoms with van der Waals surface area (Å²) in [5, 5.41) is 22.0. The average Bonchev–Trinajstić information content (AvgIpc) is 0.896. The molecule has 100 heavy (non-hydrogen) atoms. The molecular weight excluding hydrogens is 1340 g/mol. The summed E-state index contributed by atoms with van der Waals surface area (Å²) in [6, 6.07) is 0.460. The van der Waals surface area contributed by atoms with Crippen LogP contribution >= 0.6 is 7.60 Å². The van der Waals surface area contributed by atoms with Crippen LogP contribution in [0.2, 0.25) is 6.04 Å². The molecule has 0 fully saturated rings. The van der Waals surface area contributed by atoms with Crippen LogP contribution in [0.15, 0.2) is 0 Å². The van der Waals surface area contributed by atoms with Crippen molar-refractivity contribution in [1.82, 2.24) is 10.6 Å². The Hall–Kier alpha value is -5.45. The van der Waals surface area contributed by atoms with Crippen molar-refractivity contribution < 1.29 is 124 Å². The number of ether oxygens (including phenoxy) is 8. The van der Waals surface area contributed by atoms with Crippen LogP contribution in [-0.2, 0) is 94.1 Å². The number of unbranched alkanes of at least 4 members (excludes halogenated alkanes) is 5. The largest absolute Gasteiger partial charge is 0.503 e. The highest BCUT2D eigenvalue weighted by atomic mass is 31.2. The minimum atomic E-state index is -4.06. The molecule has 0 aromatic carbocycles. The Morgan fingerprint density at radius 1 is 0.390 bits per heavy atom. The van der Waals surface area contributed by atoms with Gasteiger partial charge in [0.05, 0.1) is 90.8 Å². The topological polar surface area (TPSA) is 394 Å². The molecule has 0 aliphatic carbocycles. The first-order valence-corrected chi connectivity index (χ1v) is 38.8. The number of carboxylic acids is 2. The molecule has 0 spiro atoms. The normalized spacial score (nSPS) is 11.6. The van der Waals surface area contributed by atoms with Crippen molar-refractivity contribution in [1.29, 1.82) is 0 Å². The van der Waals surface area contributed by atoms with Crippen molar-refractivity contribution in [2.45, 2.75) is 261 Å². The number of rotatable bonds is 45. The molecule has 0 saturated carbocycles. The van der Waals surface area contributed by atoms with Crippen LogP contribution in [0, 0.1) is 38.4 Å². The van der Waals surface area contributed by atoms with Crippen LogP contribution in [0.4, 0.5) is 9.59 Å². The van der Waals surface area contributed by atoms with Gasteiger partial charge in [0.1, 0.15) is 19.8 Å². The van der Waals surface area contributed by atoms with E-state index >= 15 is 0 Å². The van der Waals surface area contributed by atoms with E-state index < -0.39 is 85.1 Å². The first-order valence-electron chi connectivity index (χ1n) is 35.1. The van der Waals surface area contributed by atoms with Crippen LogP contribution in [0.5, 0.6) is 0 Å². The number of alkyl carbamates (subject to hydrolysis) is 2. The maximum Gasteiger partial charge on any atom is 0.503 e. The Bertz CT molecular complexity index is 2280. The average molecular weight is 1480 g/mol. The zero-order chi connectivity index (χ0) is 79.0. The van der Waals surface area contributed by atoms with E-state index in [1.165, 1.54) is 21.3 Å². The molecule has 0 rings (SSSR count). The molecule has 6 N–H and O–H groups in total. The van der Waals surface area contributed by atoms with E-state index in [0.717, 1.165) is 44.9 Å². The van der Waals surface area contributed by atoms with Crippen molar-refractivity contribution >= 4 is 76.3 Å². The number of aliphatic carboxylic acids is 2. The third-order valence-corrected chi connectivity index (χ3v) is 19.8. The van der Waals surface area contributed by atoms with Gasteiger partial charge in [0.25, 0.3) is 0 Å². The summed E-state index contributed by atoms with van der Waals surface area (Å²) in [6.07, 6.45) is 10.6. The number of nitrogens with one attached hydrogen (secondary N) is 2. The van der Waals surface area contributed by atoms with E-state index in [-0.39, 0.29) is 76.0 Å². The van der Waals surface area contributed by atoms with Gasteiger partial charge in [0.15, 0.2) is 0 Å². The fraction of sp³-hybridized carbons (Fsp3) is 0.857. The Balaban J connectivity index is -0.000000280. The molecule has 0 bridgehead atoms. The van der Waals surface area contributed by atoms with Gasteiger partial charge < -0.3 is 81.8 Å². The van der Waals surface area contributed by atoms with Gasteiger partial charge in [0, 0.05) is 34.2 Å². The van der Waals surface area contributed by atoms with Crippen molar-refractivity contribution in [2.75, 3.05) is 93.4 Å². The van der Waals surface area contributed by atoms with E-state index in [4.69, 9.17) is 71.2 Å². The SMILES string of the molecule is CCC(C)(C)C(=O)O.CCC(C)(C)C(=O)O.CCC(C)(C)C(=O)OCCNC(=O)OCCCCCC(=O)OCCC(C)C.CCC(C)(C)C(=O)OCCP(=O)(O)O.CCC(C)(C)C(=O)OCC[Si](OC)(OC)OC.CCCCOC(=O)CCCCCOC(=O)NCCOC(=O)C(C)(C)CC. The van der Waals surface area contributed by atoms with E-state index in [1.54, 1.807) is 41.5 Å². The highest BCUT2D eigenvalue weighted by Gasteiger charge is 2.39. The first-order chi connectivity index (χ1) is 46.1. The van der Waals surface area contributed by atoms with Crippen molar-refractivity contribution in [2.24, 2.45) is 38.4 Å². The maximum atomic E-state index is 11.7. The van der Waals surface area contributed by atoms with Gasteiger partial charge in [-0.2, -0.15) is 0 Å². The molecule has 0 unspecified atom stereocenters. The lowest BCUT2D eigenvalue weighted by atomic mass is 9.91. The molecular formula is C70H137N2O26PSi. The number of carboxylic acid groups (broad SMARTS) is 2. The van der Waals surface area contributed by atoms with E-state index in [1.807, 2.05) is 90.0 Å². The Labute approximate surface area is 600 Å². The molecule has 0 heterocycles. The van der Waals surface area contributed by atoms with E-state index in [9.17, 15) is 52.5 Å². The van der Waals surface area contributed by atoms with Gasteiger partial charge in [-0.3, -0.25) is 42.9 Å². The summed E-state index contributed by atoms with van der Waals surface area (Å²) in [4.78, 5) is 130. The summed E-state index contributed by atoms with van der Waals surface area (Å²) in [5.74, 6) is -2.43. The van der Waals surface area contributed by atoms with Crippen LogP contribution in [-0.4, -0.2) is 182 Å². The van der Waals surface area contributed by atoms with E-state index in [2.05, 4.69) is 24.5 Å². The zero-order valence-corrected chi connectivity index (χ0v) is 67.7. The summed E-state index contributed by atoms with van der Waals surface area (Å²) in [5.41, 5.74) is -3.14. The molecule has 2 amide bonds. The van der Waals surface area contributed by atoms with Gasteiger partial charge in [-0.25, -0.2) is 9.59 Å². The van der Waals surface area contributed by atoms with E-state index in [0.29, 0.717) is 96.0 Å². The summed E-state index contributed by atoms with van der Waals surface area (Å²) in [7, 11) is -2.07. The van der Waals surface area contributed by atoms with Gasteiger partial charge in [0.2, 0.25) is 0 Å². The fourth-order valence-electron chi connectivity index (χ4n) is 5.75. The number of hydrogen-bond donors (Lipinski definition) is 6. The predicted octanol–water partition coefficient (Wildman–Crippen LogP) is 13.4. The lowest BCUT2D eigenvalue weighted by Crippen LogP contribution is -2.44. The van der Waals surface area contributed by atoms with Gasteiger partial charge >= 0.3 is 76.3 Å². The van der Waals surface area contributed by atoms with Crippen molar-refractivity contribution in [3.05, 3.63) is 0 Å². The Morgan fingerprint density at radius 2 is 0.690 bits per heavy atom. The lowest BCUT2D eigenvalue weighted by Gasteiger charge is -2.25. The number of esters is 6. The molecule has 0 radical (unpaired) electrons. The molecule has 28 nitrogen and oxygen atoms in total. The van der Waals surface area contributed by atoms with Crippen LogP contribution < -0.4 is 10.6 Å². The first kappa shape index (κ1) is 106. The predicted molar refractivity (Wildman–Crippen MR) is 384 cm³/mol. The summed E-state index contributed by atoms with van der Waals surface area (Å²) >= 11 is 0. The molecule has 0 atom stereocenters. The zero-order valence-electron chi connectivity index (χ0n) is 65.8. The maximum absolute atomic E-state index is 11.7. The standard InChI is InChI=1S/C20H37NO6.C19H35NO6.C11H24O5Si.C8H17O5P.2C6H12O2/c1-6-20(4,5)18(23)26-15-12-21-19(24)27-13-9-7-8-10-17(22)25-14-11-16(2)3;1-5-7-13-24-16(21)11-9-8-10-14-26-18(23)20-12-15-25-17(22)19(3,4)6-2;1-7-11(2,3)10(12)16-8-9-17(13-4,14-5)15-6;1-4-8(2,3)7(9)13-5-6-14(10,11)12;2*1-4-6(2,3)5(7)8/h16H,6-15H2,1-5H3,(H,21,24);5-15H2,1-4H3,(H,20,23);7-9H2,1-6H3;4-6H2,1-3H3,(H2,10,11,12);2*4H2,1-3H3,(H,7,8). The molecule has 0 aromatic rings. The smallest absolute Gasteiger partial charge is 0.481 e. The van der Waals surface area contributed by atoms with Crippen LogP contribution in [0.25, 0.3) is 0 Å². The second-order valence-electron chi connectivity index (χ2n) is 27.7. The van der Waals surface area contributed by atoms with Gasteiger partial charge in [-0.05, 0) is 179 Å². The minimum absolute atomic E-state index is 0.121. The lowest BCUT2D eigenvalue weighted by molar-refractivity contribution is -0.154. The quantitative estimate of drug-likeness (QED) is 0.0108. The van der Waals surface area contributed by atoms with Gasteiger partial charge in [-0.15, -0.1) is 0 Å². The number of carbonyl (C=O) groups is 10. The minimum Gasteiger partial charge on any atom is -0.481 e. The molecule has 592 valence electrons. The number of carbonyl (C=O) groups excluding carboxylic acids is 8. The van der Waals surface area contributed by atoms with Crippen molar-refractivity contribution in [3.63, 3.8) is 0 Å². The second-order valence-corrected chi connectivity index (χ2v) is 32.6. The van der Waals surface area contributed by atoms with Gasteiger partial charge in [-0.1, -0.05) is 68.7 Å². The third-order valence-electron chi connectivity index (χ3n) is 16.3. The molecule has 30 heteroatoms. The molecule has 0 aromatic heterocycles. The highest BCUT2D eigenvalue weighted by molar-refractivity contribution is 7.51. The molecule has 0 saturated heterocycles. The third kappa shape index (κ3) is 59.1. The highest BCUT2D eigenvalue weighted by Crippen LogP contribution is 2.34.